The quantitative estimate of drug-likeness (QED) is 0.0135. The molecule has 13 atom stereocenters. The van der Waals surface area contributed by atoms with Crippen molar-refractivity contribution in [1.82, 2.24) is 51.9 Å². The lowest BCUT2D eigenvalue weighted by Crippen LogP contribution is -2.64. The molecule has 7 amide bonds. The second-order valence-electron chi connectivity index (χ2n) is 23.6. The van der Waals surface area contributed by atoms with Crippen molar-refractivity contribution in [3.8, 4) is 38.4 Å². The highest BCUT2D eigenvalue weighted by Crippen LogP contribution is 2.33. The van der Waals surface area contributed by atoms with E-state index in [9.17, 15) is 64.5 Å². The summed E-state index contributed by atoms with van der Waals surface area (Å²) in [5.41, 5.74) is 1.50. The lowest BCUT2D eigenvalue weighted by Gasteiger charge is -2.34. The molecule has 3 fully saturated rings. The Labute approximate surface area is 575 Å². The van der Waals surface area contributed by atoms with Gasteiger partial charge in [-0.1, -0.05) is 70.1 Å². The van der Waals surface area contributed by atoms with Gasteiger partial charge in [0.05, 0.1) is 49.8 Å². The molecule has 0 bridgehead atoms. The van der Waals surface area contributed by atoms with Crippen molar-refractivity contribution < 1.29 is 116 Å². The molecule has 540 valence electrons. The standard InChI is InChI=1S/C61H84N10O24S3/c1-33-31-71-51(52(33)78)57(83)63-30-39(73)28-42(64-53(79)36-11-13-37(14-12-36)58-68-69-59(96-58)38-15-17-41(18-16-38)89-24-8-6-4-5-7-23-88-3)54(80)65-48(34(2)72)60(84)70-32-40(74)29-43(70)55(81)66-49(46(77)26-35-10-19-44(75)47(27-35)91-98-95-93-87)56(82)67-50(61(71)85)45(76)20-22-62-21-9-25-90-97-94-92-86/h10-19,27,33-34,39-40,42-43,45-46,48-52,62,72-78,86-87H,4-9,20-26,28-32H2,1-3H3,(H,63,83)(H,64,79)(H,65,80)(H,66,81)(H,67,82)/t33-,34+,39+,40+,42+,43+,45-,46-,48+,49+,50+,51+,52+/m1/s1. The Morgan fingerprint density at radius 2 is 1.35 bits per heavy atom. The van der Waals surface area contributed by atoms with Crippen LogP contribution in [0.3, 0.4) is 0 Å². The van der Waals surface area contributed by atoms with Gasteiger partial charge in [0.2, 0.25) is 35.4 Å². The molecule has 0 aliphatic carbocycles. The fourth-order valence-corrected chi connectivity index (χ4v) is 12.5. The zero-order chi connectivity index (χ0) is 70.8. The molecule has 0 radical (unpaired) electrons. The van der Waals surface area contributed by atoms with E-state index in [1.54, 1.807) is 19.2 Å². The number of carbonyl (C=O) groups is 7. The first-order valence-electron chi connectivity index (χ1n) is 31.6. The Kier molecular flexibility index (Phi) is 31.7. The van der Waals surface area contributed by atoms with E-state index in [4.69, 9.17) is 28.4 Å². The molecule has 3 aliphatic rings. The largest absolute Gasteiger partial charge is 0.504 e. The van der Waals surface area contributed by atoms with Gasteiger partial charge in [0.15, 0.2) is 23.8 Å². The molecule has 15 N–H and O–H groups in total. The molecule has 34 nitrogen and oxygen atoms in total. The zero-order valence-corrected chi connectivity index (χ0v) is 56.2. The summed E-state index contributed by atoms with van der Waals surface area (Å²) in [6.07, 6.45) is -6.88. The van der Waals surface area contributed by atoms with Crippen molar-refractivity contribution in [3.63, 3.8) is 0 Å². The van der Waals surface area contributed by atoms with Crippen LogP contribution < -0.4 is 40.8 Å². The number of β-amino-alcohol motifs (C(OH)–C–C–N with tert-alkyl or cyclic N) is 1. The van der Waals surface area contributed by atoms with Gasteiger partial charge in [0, 0.05) is 75.2 Å². The maximum atomic E-state index is 15.0. The van der Waals surface area contributed by atoms with E-state index in [1.165, 1.54) is 42.5 Å². The molecule has 37 heteroatoms. The predicted molar refractivity (Wildman–Crippen MR) is 348 cm³/mol. The van der Waals surface area contributed by atoms with Crippen LogP contribution in [0.4, 0.5) is 0 Å². The second kappa shape index (κ2) is 39.7. The number of aliphatic hydroxyl groups is 6. The molecule has 0 spiro atoms. The van der Waals surface area contributed by atoms with Crippen LogP contribution in [0, 0.1) is 5.92 Å². The summed E-state index contributed by atoms with van der Waals surface area (Å²) in [7, 11) is 1.69. The highest BCUT2D eigenvalue weighted by molar-refractivity contribution is 7.90. The SMILES string of the molecule is COCCCCCCCOc1ccc(-c2nnc(-c3ccc(C(=O)N[C@H]4C[C@H](O)CNC(=O)[C@@H]5[C@@H](O)[C@H](C)CN5C(=O)[C@H]([C@H](O)CCNCCCOSOOO)NC(=O)[C@H]([C@H](O)Cc5ccc(O)c(OSOOO)c5)NC(=O)[C@@H]5C[C@H](O)CN5C(=O)[C@H]([C@H](C)O)NC4=O)cc3)s2)cc1. The number of phenolic OH excluding ortho intramolecular Hbond substituents is 1. The monoisotopic (exact) mass is 1440 g/mol. The van der Waals surface area contributed by atoms with Gasteiger partial charge in [-0.15, -0.1) is 14.5 Å². The van der Waals surface area contributed by atoms with Crippen LogP contribution in [-0.4, -0.2) is 240 Å². The number of hydrogen-bond acceptors (Lipinski definition) is 30. The Morgan fingerprint density at radius 1 is 0.704 bits per heavy atom. The first-order chi connectivity index (χ1) is 47.1. The number of aromatic hydroxyl groups is 1. The molecule has 3 aliphatic heterocycles. The van der Waals surface area contributed by atoms with Crippen molar-refractivity contribution in [2.24, 2.45) is 5.92 Å². The number of hydrogen-bond donors (Lipinski definition) is 15. The first-order valence-corrected chi connectivity index (χ1v) is 33.7. The number of methoxy groups -OCH3 is 1. The summed E-state index contributed by atoms with van der Waals surface area (Å²) in [5, 5.41) is 129. The minimum absolute atomic E-state index is 0.00922. The predicted octanol–water partition coefficient (Wildman–Crippen LogP) is 0.236. The number of rotatable bonds is 32. The van der Waals surface area contributed by atoms with Gasteiger partial charge in [0.1, 0.15) is 52.0 Å². The van der Waals surface area contributed by atoms with Crippen molar-refractivity contribution >= 4 is 77.3 Å². The number of nitrogens with zero attached hydrogens (tertiary/aromatic N) is 4. The van der Waals surface area contributed by atoms with Crippen LogP contribution in [0.5, 0.6) is 17.2 Å². The van der Waals surface area contributed by atoms with Gasteiger partial charge in [-0.3, -0.25) is 37.7 Å². The van der Waals surface area contributed by atoms with Gasteiger partial charge >= 0.3 is 0 Å². The van der Waals surface area contributed by atoms with Crippen LogP contribution in [0.15, 0.2) is 66.7 Å². The van der Waals surface area contributed by atoms with E-state index in [1.807, 2.05) is 24.3 Å². The number of benzene rings is 3. The number of carbonyl (C=O) groups excluding carboxylic acids is 7. The first kappa shape index (κ1) is 78.3. The molecule has 4 aromatic rings. The zero-order valence-electron chi connectivity index (χ0n) is 53.7. The molecule has 3 aromatic carbocycles. The maximum absolute atomic E-state index is 15.0. The van der Waals surface area contributed by atoms with E-state index in [2.05, 4.69) is 60.8 Å². The number of phenols is 1. The third-order valence-corrected chi connectivity index (χ3v) is 18.1. The topological polar surface area (TPSA) is 480 Å². The lowest BCUT2D eigenvalue weighted by molar-refractivity contribution is -0.434. The van der Waals surface area contributed by atoms with Gasteiger partial charge < -0.3 is 91.1 Å². The summed E-state index contributed by atoms with van der Waals surface area (Å²) in [6.45, 7) is 2.67. The molecule has 1 aromatic heterocycles. The molecular formula is C61H84N10O24S3. The molecule has 0 saturated carbocycles. The summed E-state index contributed by atoms with van der Waals surface area (Å²) < 4.78 is 29.6. The fourth-order valence-electron chi connectivity index (χ4n) is 11.2. The number of aromatic nitrogens is 2. The van der Waals surface area contributed by atoms with Crippen LogP contribution in [0.1, 0.15) is 87.6 Å². The van der Waals surface area contributed by atoms with Crippen molar-refractivity contribution in [2.75, 3.05) is 59.7 Å². The molecule has 4 heterocycles. The number of fused-ring (bicyclic) bond motifs is 2. The minimum Gasteiger partial charge on any atom is -0.504 e. The highest BCUT2D eigenvalue weighted by atomic mass is 32.2. The smallest absolute Gasteiger partial charge is 0.261 e. The van der Waals surface area contributed by atoms with Crippen LogP contribution in [0.25, 0.3) is 21.1 Å². The van der Waals surface area contributed by atoms with Gasteiger partial charge in [-0.25, -0.2) is 10.5 Å². The minimum atomic E-state index is -2.14. The summed E-state index contributed by atoms with van der Waals surface area (Å²) in [5.74, 6) is -8.79. The number of amides is 7. The molecular weight excluding hydrogens is 1350 g/mol. The number of ether oxygens (including phenoxy) is 2. The van der Waals surface area contributed by atoms with Gasteiger partial charge in [0.25, 0.3) is 18.2 Å². The summed E-state index contributed by atoms with van der Waals surface area (Å²) in [6, 6.07) is 5.77. The van der Waals surface area contributed by atoms with E-state index in [0.29, 0.717) is 46.7 Å². The normalized spacial score (nSPS) is 23.9. The fraction of sp³-hybridized carbons (Fsp3) is 0.557. The Balaban J connectivity index is 1.15. The Morgan fingerprint density at radius 3 is 2.03 bits per heavy atom. The van der Waals surface area contributed by atoms with Crippen LogP contribution in [-0.2, 0) is 62.9 Å². The van der Waals surface area contributed by atoms with Crippen molar-refractivity contribution in [1.29, 1.82) is 0 Å². The number of unbranched alkanes of at least 4 members (excludes halogenated alkanes) is 4. The van der Waals surface area contributed by atoms with Crippen molar-refractivity contribution in [3.05, 3.63) is 77.9 Å². The van der Waals surface area contributed by atoms with Crippen molar-refractivity contribution in [2.45, 2.75) is 151 Å². The van der Waals surface area contributed by atoms with E-state index in [0.717, 1.165) is 67.1 Å². The molecule has 3 saturated heterocycles. The molecule has 7 rings (SSSR count). The second-order valence-corrected chi connectivity index (χ2v) is 25.6. The molecule has 0 unspecified atom stereocenters. The number of aliphatic hydroxyl groups excluding tert-OH is 6. The number of nitrogens with one attached hydrogen (secondary N) is 6. The van der Waals surface area contributed by atoms with Gasteiger partial charge in [-0.2, -0.15) is 0 Å². The van der Waals surface area contributed by atoms with Crippen LogP contribution in [0.2, 0.25) is 0 Å². The Hall–Kier alpha value is -6.99. The van der Waals surface area contributed by atoms with Gasteiger partial charge in [-0.05, 0) is 99.8 Å². The summed E-state index contributed by atoms with van der Waals surface area (Å²) in [4.78, 5) is 104. The van der Waals surface area contributed by atoms with E-state index >= 15 is 4.79 Å². The van der Waals surface area contributed by atoms with E-state index < -0.39 is 158 Å². The van der Waals surface area contributed by atoms with Crippen LogP contribution >= 0.6 is 36.0 Å². The third kappa shape index (κ3) is 22.8. The highest BCUT2D eigenvalue weighted by Gasteiger charge is 2.50. The molecule has 98 heavy (non-hydrogen) atoms. The van der Waals surface area contributed by atoms with E-state index in [-0.39, 0.29) is 61.9 Å². The average molecular weight is 1440 g/mol. The average Bonchev–Trinajstić information content (AvgIpc) is 1.62. The lowest BCUT2D eigenvalue weighted by atomic mass is 9.98. The summed E-state index contributed by atoms with van der Waals surface area (Å²) >= 11 is 1.72. The third-order valence-electron chi connectivity index (χ3n) is 16.4. The Bertz CT molecular complexity index is 3220. The maximum Gasteiger partial charge on any atom is 0.261 e.